The number of nitrogens with one attached hydrogen (secondary N) is 1. The van der Waals surface area contributed by atoms with E-state index in [-0.39, 0.29) is 42.4 Å². The van der Waals surface area contributed by atoms with Crippen LogP contribution in [-0.2, 0) is 4.74 Å². The number of hydrogen-bond donors (Lipinski definition) is 3. The minimum Gasteiger partial charge on any atom is -0.508 e. The Bertz CT molecular complexity index is 460. The van der Waals surface area contributed by atoms with Gasteiger partial charge in [0.1, 0.15) is 11.5 Å². The smallest absolute Gasteiger partial charge is 0.124 e. The molecule has 2 aliphatic heterocycles. The van der Waals surface area contributed by atoms with Crippen LogP contribution in [0.3, 0.4) is 0 Å². The normalized spacial score (nSPS) is 21.0. The first-order valence-electron chi connectivity index (χ1n) is 7.80. The van der Waals surface area contributed by atoms with Gasteiger partial charge in [-0.15, -0.1) is 24.8 Å². The Morgan fingerprint density at radius 3 is 2.35 bits per heavy atom. The fraction of sp³-hybridized carbons (Fsp3) is 0.625. The highest BCUT2D eigenvalue weighted by molar-refractivity contribution is 5.85. The molecular weight excluding hydrogens is 339 g/mol. The van der Waals surface area contributed by atoms with Crippen molar-refractivity contribution in [2.24, 2.45) is 5.92 Å². The molecule has 132 valence electrons. The number of halogens is 2. The zero-order valence-electron chi connectivity index (χ0n) is 13.1. The number of hydrogen-bond acceptors (Lipinski definition) is 5. The van der Waals surface area contributed by atoms with Crippen LogP contribution in [0, 0.1) is 5.92 Å². The van der Waals surface area contributed by atoms with Crippen molar-refractivity contribution in [3.63, 3.8) is 0 Å². The monoisotopic (exact) mass is 364 g/mol. The van der Waals surface area contributed by atoms with Crippen LogP contribution in [0.25, 0.3) is 0 Å². The van der Waals surface area contributed by atoms with Crippen LogP contribution in [0.1, 0.15) is 24.4 Å². The van der Waals surface area contributed by atoms with E-state index in [0.29, 0.717) is 5.92 Å². The molecule has 7 heteroatoms. The lowest BCUT2D eigenvalue weighted by atomic mass is 9.85. The molecule has 0 saturated carbocycles. The van der Waals surface area contributed by atoms with E-state index < -0.39 is 0 Å². The molecule has 2 aliphatic rings. The van der Waals surface area contributed by atoms with Gasteiger partial charge < -0.3 is 20.3 Å². The van der Waals surface area contributed by atoms with Gasteiger partial charge in [0.25, 0.3) is 0 Å². The number of piperazine rings is 1. The second kappa shape index (κ2) is 9.55. The van der Waals surface area contributed by atoms with E-state index >= 15 is 0 Å². The summed E-state index contributed by atoms with van der Waals surface area (Å²) in [6.45, 7) is 5.54. The van der Waals surface area contributed by atoms with E-state index in [1.165, 1.54) is 6.07 Å². The third kappa shape index (κ3) is 4.88. The van der Waals surface area contributed by atoms with Crippen LogP contribution in [0.5, 0.6) is 11.5 Å². The lowest BCUT2D eigenvalue weighted by Gasteiger charge is -2.41. The first-order valence-corrected chi connectivity index (χ1v) is 7.80. The van der Waals surface area contributed by atoms with Crippen LogP contribution >= 0.6 is 24.8 Å². The van der Waals surface area contributed by atoms with Crippen LogP contribution in [0.4, 0.5) is 0 Å². The summed E-state index contributed by atoms with van der Waals surface area (Å²) in [5.41, 5.74) is 0.932. The van der Waals surface area contributed by atoms with Crippen LogP contribution in [0.15, 0.2) is 18.2 Å². The van der Waals surface area contributed by atoms with Crippen molar-refractivity contribution < 1.29 is 14.9 Å². The molecule has 1 aromatic carbocycles. The van der Waals surface area contributed by atoms with Gasteiger partial charge in [0.2, 0.25) is 0 Å². The number of aromatic hydroxyl groups is 2. The van der Waals surface area contributed by atoms with E-state index in [4.69, 9.17) is 4.74 Å². The molecular formula is C16H26Cl2N2O3. The van der Waals surface area contributed by atoms with E-state index in [0.717, 1.165) is 57.8 Å². The molecule has 3 rings (SSSR count). The van der Waals surface area contributed by atoms with Gasteiger partial charge in [-0.1, -0.05) is 6.07 Å². The third-order valence-electron chi connectivity index (χ3n) is 4.59. The van der Waals surface area contributed by atoms with Gasteiger partial charge in [0.05, 0.1) is 0 Å². The molecule has 23 heavy (non-hydrogen) atoms. The Kier molecular flexibility index (Phi) is 8.44. The lowest BCUT2D eigenvalue weighted by Crippen LogP contribution is -2.47. The lowest BCUT2D eigenvalue weighted by molar-refractivity contribution is 0.0206. The first kappa shape index (κ1) is 20.3. The molecule has 0 spiro atoms. The quantitative estimate of drug-likeness (QED) is 0.767. The summed E-state index contributed by atoms with van der Waals surface area (Å²) in [5.74, 6) is 0.805. The van der Waals surface area contributed by atoms with Crippen molar-refractivity contribution in [2.75, 3.05) is 39.4 Å². The maximum atomic E-state index is 10.3. The SMILES string of the molecule is Cl.Cl.Oc1ccc([C@@H](C2CCOCC2)N2CCNCC2)c(O)c1. The summed E-state index contributed by atoms with van der Waals surface area (Å²) in [4.78, 5) is 2.46. The van der Waals surface area contributed by atoms with Gasteiger partial charge in [-0.25, -0.2) is 0 Å². The molecule has 0 radical (unpaired) electrons. The molecule has 0 aliphatic carbocycles. The van der Waals surface area contributed by atoms with Gasteiger partial charge in [-0.05, 0) is 24.8 Å². The highest BCUT2D eigenvalue weighted by Crippen LogP contribution is 2.40. The van der Waals surface area contributed by atoms with Crippen LogP contribution < -0.4 is 5.32 Å². The number of benzene rings is 1. The number of nitrogens with zero attached hydrogens (tertiary/aromatic N) is 1. The van der Waals surface area contributed by atoms with Crippen molar-refractivity contribution in [3.05, 3.63) is 23.8 Å². The predicted octanol–water partition coefficient (Wildman–Crippen LogP) is 2.31. The van der Waals surface area contributed by atoms with E-state index in [9.17, 15) is 10.2 Å². The highest BCUT2D eigenvalue weighted by atomic mass is 35.5. The molecule has 0 bridgehead atoms. The number of ether oxygens (including phenoxy) is 1. The molecule has 2 fully saturated rings. The van der Waals surface area contributed by atoms with Gasteiger partial charge in [0, 0.05) is 57.1 Å². The van der Waals surface area contributed by atoms with Crippen LogP contribution in [0.2, 0.25) is 0 Å². The third-order valence-corrected chi connectivity index (χ3v) is 4.59. The van der Waals surface area contributed by atoms with Gasteiger partial charge in [-0.2, -0.15) is 0 Å². The summed E-state index contributed by atoms with van der Waals surface area (Å²) < 4.78 is 5.49. The van der Waals surface area contributed by atoms with E-state index in [1.807, 2.05) is 6.07 Å². The minimum atomic E-state index is 0. The largest absolute Gasteiger partial charge is 0.508 e. The number of phenolic OH excluding ortho intramolecular Hbond substituents is 2. The number of phenols is 2. The Hall–Kier alpha value is -0.720. The maximum Gasteiger partial charge on any atom is 0.124 e. The molecule has 5 nitrogen and oxygen atoms in total. The molecule has 0 unspecified atom stereocenters. The molecule has 1 aromatic rings. The molecule has 0 amide bonds. The molecule has 1 atom stereocenters. The van der Waals surface area contributed by atoms with Gasteiger partial charge in [0.15, 0.2) is 0 Å². The number of rotatable bonds is 3. The van der Waals surface area contributed by atoms with Gasteiger partial charge >= 0.3 is 0 Å². The second-order valence-electron chi connectivity index (χ2n) is 5.92. The highest BCUT2D eigenvalue weighted by Gasteiger charge is 2.32. The summed E-state index contributed by atoms with van der Waals surface area (Å²) in [7, 11) is 0. The standard InChI is InChI=1S/C16H24N2O3.2ClH/c19-13-1-2-14(15(20)11-13)16(12-3-9-21-10-4-12)18-7-5-17-6-8-18;;/h1-2,11-12,16-17,19-20H,3-10H2;2*1H/t16-;;/m1../s1. The Labute approximate surface area is 149 Å². The van der Waals surface area contributed by atoms with E-state index in [1.54, 1.807) is 6.07 Å². The summed E-state index contributed by atoms with van der Waals surface area (Å²) in [5, 5.41) is 23.2. The van der Waals surface area contributed by atoms with Gasteiger partial charge in [-0.3, -0.25) is 4.90 Å². The average Bonchev–Trinajstić information content (AvgIpc) is 2.52. The predicted molar refractivity (Wildman–Crippen MR) is 95.0 cm³/mol. The maximum absolute atomic E-state index is 10.3. The summed E-state index contributed by atoms with van der Waals surface area (Å²) in [6.07, 6.45) is 2.05. The Morgan fingerprint density at radius 2 is 1.74 bits per heavy atom. The average molecular weight is 365 g/mol. The fourth-order valence-corrected chi connectivity index (χ4v) is 3.52. The Morgan fingerprint density at radius 1 is 1.09 bits per heavy atom. The summed E-state index contributed by atoms with van der Waals surface area (Å²) >= 11 is 0. The van der Waals surface area contributed by atoms with Crippen molar-refractivity contribution in [2.45, 2.75) is 18.9 Å². The zero-order chi connectivity index (χ0) is 14.7. The van der Waals surface area contributed by atoms with Crippen LogP contribution in [-0.4, -0.2) is 54.5 Å². The first-order chi connectivity index (χ1) is 10.3. The Balaban J connectivity index is 0.00000132. The molecule has 2 heterocycles. The minimum absolute atomic E-state index is 0. The molecule has 3 N–H and O–H groups in total. The van der Waals surface area contributed by atoms with Crippen molar-refractivity contribution in [1.29, 1.82) is 0 Å². The van der Waals surface area contributed by atoms with E-state index in [2.05, 4.69) is 10.2 Å². The second-order valence-corrected chi connectivity index (χ2v) is 5.92. The van der Waals surface area contributed by atoms with Crippen molar-refractivity contribution >= 4 is 24.8 Å². The van der Waals surface area contributed by atoms with Crippen molar-refractivity contribution in [1.82, 2.24) is 10.2 Å². The molecule has 0 aromatic heterocycles. The van der Waals surface area contributed by atoms with Crippen molar-refractivity contribution in [3.8, 4) is 11.5 Å². The topological polar surface area (TPSA) is 65.0 Å². The summed E-state index contributed by atoms with van der Waals surface area (Å²) in [6, 6.07) is 5.19. The fourth-order valence-electron chi connectivity index (χ4n) is 3.52. The zero-order valence-corrected chi connectivity index (χ0v) is 14.7. The molecule has 2 saturated heterocycles.